The second kappa shape index (κ2) is 5.28. The first-order chi connectivity index (χ1) is 9.65. The number of aromatic nitrogens is 2. The zero-order chi connectivity index (χ0) is 14.1. The standard InChI is InChI=1S/C12H14N4O3S/c17-9-6-15(4-3-13-9)11(19)8-5-16-10(18)1-2-14-12(16)20-7-8/h1-2,8H,3-7H2,(H,13,17). The van der Waals surface area contributed by atoms with Crippen molar-refractivity contribution in [3.05, 3.63) is 22.6 Å². The Labute approximate surface area is 119 Å². The van der Waals surface area contributed by atoms with Gasteiger partial charge in [-0.3, -0.25) is 19.0 Å². The molecule has 2 amide bonds. The van der Waals surface area contributed by atoms with Gasteiger partial charge in [0, 0.05) is 37.7 Å². The van der Waals surface area contributed by atoms with Crippen molar-refractivity contribution in [2.75, 3.05) is 25.4 Å². The highest BCUT2D eigenvalue weighted by molar-refractivity contribution is 7.99. The fraction of sp³-hybridized carbons (Fsp3) is 0.500. The van der Waals surface area contributed by atoms with E-state index in [2.05, 4.69) is 10.3 Å². The van der Waals surface area contributed by atoms with Crippen LogP contribution >= 0.6 is 11.8 Å². The molecule has 1 N–H and O–H groups in total. The third-order valence-electron chi connectivity index (χ3n) is 3.41. The van der Waals surface area contributed by atoms with Crippen LogP contribution in [0.25, 0.3) is 0 Å². The van der Waals surface area contributed by atoms with Gasteiger partial charge in [0.25, 0.3) is 5.56 Å². The van der Waals surface area contributed by atoms with Gasteiger partial charge < -0.3 is 10.2 Å². The van der Waals surface area contributed by atoms with Crippen molar-refractivity contribution >= 4 is 23.6 Å². The van der Waals surface area contributed by atoms with Gasteiger partial charge in [-0.05, 0) is 0 Å². The van der Waals surface area contributed by atoms with Crippen molar-refractivity contribution in [3.8, 4) is 0 Å². The Morgan fingerprint density at radius 2 is 2.30 bits per heavy atom. The predicted molar refractivity (Wildman–Crippen MR) is 72.3 cm³/mol. The fourth-order valence-corrected chi connectivity index (χ4v) is 3.44. The van der Waals surface area contributed by atoms with Crippen LogP contribution in [0.15, 0.2) is 22.2 Å². The molecule has 0 spiro atoms. The van der Waals surface area contributed by atoms with Crippen LogP contribution in [0.3, 0.4) is 0 Å². The summed E-state index contributed by atoms with van der Waals surface area (Å²) in [5.74, 6) is 0.120. The molecule has 1 fully saturated rings. The lowest BCUT2D eigenvalue weighted by molar-refractivity contribution is -0.141. The lowest BCUT2D eigenvalue weighted by Crippen LogP contribution is -2.53. The molecule has 3 heterocycles. The van der Waals surface area contributed by atoms with Crippen molar-refractivity contribution in [3.63, 3.8) is 0 Å². The first-order valence-corrected chi connectivity index (χ1v) is 7.38. The second-order valence-corrected chi connectivity index (χ2v) is 5.78. The van der Waals surface area contributed by atoms with Crippen molar-refractivity contribution in [2.24, 2.45) is 5.92 Å². The largest absolute Gasteiger partial charge is 0.353 e. The van der Waals surface area contributed by atoms with Crippen LogP contribution in [0.5, 0.6) is 0 Å². The van der Waals surface area contributed by atoms with E-state index in [0.717, 1.165) is 0 Å². The Kier molecular flexibility index (Phi) is 3.47. The average Bonchev–Trinajstić information content (AvgIpc) is 2.47. The van der Waals surface area contributed by atoms with Gasteiger partial charge in [-0.25, -0.2) is 4.98 Å². The van der Waals surface area contributed by atoms with E-state index >= 15 is 0 Å². The zero-order valence-electron chi connectivity index (χ0n) is 10.7. The topological polar surface area (TPSA) is 84.3 Å². The molecule has 1 aromatic rings. The smallest absolute Gasteiger partial charge is 0.254 e. The molecule has 20 heavy (non-hydrogen) atoms. The van der Waals surface area contributed by atoms with Crippen molar-refractivity contribution in [2.45, 2.75) is 11.7 Å². The summed E-state index contributed by atoms with van der Waals surface area (Å²) in [7, 11) is 0. The lowest BCUT2D eigenvalue weighted by atomic mass is 10.1. The molecule has 3 rings (SSSR count). The third kappa shape index (κ3) is 2.43. The van der Waals surface area contributed by atoms with Crippen LogP contribution in [-0.2, 0) is 16.1 Å². The quantitative estimate of drug-likeness (QED) is 0.666. The van der Waals surface area contributed by atoms with Crippen LogP contribution < -0.4 is 10.9 Å². The Hall–Kier alpha value is -1.83. The van der Waals surface area contributed by atoms with Gasteiger partial charge >= 0.3 is 0 Å². The van der Waals surface area contributed by atoms with Gasteiger partial charge in [-0.2, -0.15) is 0 Å². The van der Waals surface area contributed by atoms with Gasteiger partial charge in [-0.1, -0.05) is 11.8 Å². The highest BCUT2D eigenvalue weighted by Crippen LogP contribution is 2.25. The van der Waals surface area contributed by atoms with Gasteiger partial charge in [0.15, 0.2) is 5.16 Å². The van der Waals surface area contributed by atoms with Crippen molar-refractivity contribution < 1.29 is 9.59 Å². The molecular formula is C12H14N4O3S. The van der Waals surface area contributed by atoms with E-state index in [4.69, 9.17) is 0 Å². The normalized spacial score (nSPS) is 22.1. The second-order valence-electron chi connectivity index (χ2n) is 4.79. The van der Waals surface area contributed by atoms with Crippen LogP contribution in [-0.4, -0.2) is 51.7 Å². The highest BCUT2D eigenvalue weighted by Gasteiger charge is 2.31. The van der Waals surface area contributed by atoms with Gasteiger partial charge in [0.1, 0.15) is 0 Å². The molecular weight excluding hydrogens is 280 g/mol. The van der Waals surface area contributed by atoms with Crippen LogP contribution in [0.2, 0.25) is 0 Å². The molecule has 0 radical (unpaired) electrons. The molecule has 0 aromatic carbocycles. The van der Waals surface area contributed by atoms with Gasteiger partial charge in [0.05, 0.1) is 12.5 Å². The third-order valence-corrected chi connectivity index (χ3v) is 4.57. The predicted octanol–water partition coefficient (Wildman–Crippen LogP) is -1.08. The molecule has 0 aliphatic carbocycles. The number of fused-ring (bicyclic) bond motifs is 1. The number of hydrogen-bond donors (Lipinski definition) is 1. The molecule has 7 nitrogen and oxygen atoms in total. The molecule has 2 aliphatic rings. The summed E-state index contributed by atoms with van der Waals surface area (Å²) in [5.41, 5.74) is -0.142. The first kappa shape index (κ1) is 13.2. The molecule has 1 unspecified atom stereocenters. The Morgan fingerprint density at radius 1 is 1.45 bits per heavy atom. The molecule has 8 heteroatoms. The van der Waals surface area contributed by atoms with Crippen molar-refractivity contribution in [1.82, 2.24) is 19.8 Å². The van der Waals surface area contributed by atoms with E-state index in [9.17, 15) is 14.4 Å². The molecule has 1 saturated heterocycles. The molecule has 0 bridgehead atoms. The summed E-state index contributed by atoms with van der Waals surface area (Å²) in [6.07, 6.45) is 1.48. The van der Waals surface area contributed by atoms with Crippen LogP contribution in [0.4, 0.5) is 0 Å². The molecule has 106 valence electrons. The number of carbonyl (C=O) groups is 2. The Balaban J connectivity index is 1.76. The van der Waals surface area contributed by atoms with E-state index < -0.39 is 0 Å². The van der Waals surface area contributed by atoms with E-state index in [0.29, 0.717) is 30.5 Å². The van der Waals surface area contributed by atoms with Crippen LogP contribution in [0, 0.1) is 5.92 Å². The summed E-state index contributed by atoms with van der Waals surface area (Å²) in [6, 6.07) is 1.39. The number of carbonyl (C=O) groups excluding carboxylic acids is 2. The SMILES string of the molecule is O=C1CN(C(=O)C2CSc3nccc(=O)n3C2)CCN1. The van der Waals surface area contributed by atoms with E-state index in [1.807, 2.05) is 0 Å². The monoisotopic (exact) mass is 294 g/mol. The van der Waals surface area contributed by atoms with Gasteiger partial charge in [-0.15, -0.1) is 0 Å². The fourth-order valence-electron chi connectivity index (χ4n) is 2.38. The summed E-state index contributed by atoms with van der Waals surface area (Å²) in [5, 5.41) is 3.34. The minimum Gasteiger partial charge on any atom is -0.353 e. The number of piperazine rings is 1. The number of nitrogens with one attached hydrogen (secondary N) is 1. The molecule has 1 aromatic heterocycles. The Morgan fingerprint density at radius 3 is 3.10 bits per heavy atom. The Bertz CT molecular complexity index is 615. The molecule has 0 saturated carbocycles. The number of amides is 2. The van der Waals surface area contributed by atoms with Gasteiger partial charge in [0.2, 0.25) is 11.8 Å². The summed E-state index contributed by atoms with van der Waals surface area (Å²) >= 11 is 1.41. The van der Waals surface area contributed by atoms with E-state index in [1.165, 1.54) is 28.6 Å². The number of thioether (sulfide) groups is 1. The minimum atomic E-state index is -0.278. The minimum absolute atomic E-state index is 0.0613. The maximum Gasteiger partial charge on any atom is 0.254 e. The number of nitrogens with zero attached hydrogens (tertiary/aromatic N) is 3. The highest BCUT2D eigenvalue weighted by atomic mass is 32.2. The van der Waals surface area contributed by atoms with Crippen molar-refractivity contribution in [1.29, 1.82) is 0 Å². The molecule has 2 aliphatic heterocycles. The number of hydrogen-bond acceptors (Lipinski definition) is 5. The summed E-state index contributed by atoms with van der Waals surface area (Å²) in [6.45, 7) is 1.46. The average molecular weight is 294 g/mol. The number of rotatable bonds is 1. The lowest BCUT2D eigenvalue weighted by Gasteiger charge is -2.32. The maximum atomic E-state index is 12.4. The van der Waals surface area contributed by atoms with E-state index in [-0.39, 0.29) is 29.8 Å². The summed E-state index contributed by atoms with van der Waals surface area (Å²) in [4.78, 5) is 41.2. The first-order valence-electron chi connectivity index (χ1n) is 6.39. The molecule has 1 atom stereocenters. The van der Waals surface area contributed by atoms with Crippen LogP contribution in [0.1, 0.15) is 0 Å². The zero-order valence-corrected chi connectivity index (χ0v) is 11.6. The van der Waals surface area contributed by atoms with E-state index in [1.54, 1.807) is 4.90 Å². The maximum absolute atomic E-state index is 12.4. The summed E-state index contributed by atoms with van der Waals surface area (Å²) < 4.78 is 1.53.